The molecule has 1 unspecified atom stereocenters. The summed E-state index contributed by atoms with van der Waals surface area (Å²) >= 11 is 0. The second-order valence-corrected chi connectivity index (χ2v) is 19.1. The zero-order chi connectivity index (χ0) is 53.6. The van der Waals surface area contributed by atoms with E-state index in [-0.39, 0.29) is 37.5 Å². The average Bonchev–Trinajstić information content (AvgIpc) is 3.40. The second kappa shape index (κ2) is 60.8. The van der Waals surface area contributed by atoms with E-state index in [4.69, 9.17) is 14.2 Å². The van der Waals surface area contributed by atoms with Gasteiger partial charge in [-0.15, -0.1) is 0 Å². The van der Waals surface area contributed by atoms with E-state index >= 15 is 0 Å². The van der Waals surface area contributed by atoms with Crippen LogP contribution < -0.4 is 0 Å². The van der Waals surface area contributed by atoms with Crippen LogP contribution in [0.1, 0.15) is 245 Å². The van der Waals surface area contributed by atoms with Crippen molar-refractivity contribution >= 4 is 17.9 Å². The van der Waals surface area contributed by atoms with Gasteiger partial charge in [-0.05, 0) is 122 Å². The van der Waals surface area contributed by atoms with Gasteiger partial charge in [-0.3, -0.25) is 14.4 Å². The largest absolute Gasteiger partial charge is 0.462 e. The van der Waals surface area contributed by atoms with Gasteiger partial charge in [0.25, 0.3) is 0 Å². The van der Waals surface area contributed by atoms with Crippen LogP contribution in [0.25, 0.3) is 0 Å². The van der Waals surface area contributed by atoms with Crippen LogP contribution in [0.5, 0.6) is 0 Å². The van der Waals surface area contributed by atoms with Gasteiger partial charge in [0.2, 0.25) is 0 Å². The maximum atomic E-state index is 12.8. The third kappa shape index (κ3) is 58.2. The Morgan fingerprint density at radius 2 is 0.527 bits per heavy atom. The molecule has 0 bridgehead atoms. The molecule has 0 aromatic heterocycles. The fraction of sp³-hybridized carbons (Fsp3) is 0.603. The summed E-state index contributed by atoms with van der Waals surface area (Å²) in [5.74, 6) is -0.965. The predicted molar refractivity (Wildman–Crippen MR) is 320 cm³/mol. The molecule has 0 aromatic rings. The van der Waals surface area contributed by atoms with E-state index in [1.54, 1.807) is 0 Å². The molecule has 0 N–H and O–H groups in total. The van der Waals surface area contributed by atoms with E-state index in [2.05, 4.69) is 167 Å². The smallest absolute Gasteiger partial charge is 0.306 e. The first-order valence-electron chi connectivity index (χ1n) is 29.8. The van der Waals surface area contributed by atoms with Gasteiger partial charge in [0.1, 0.15) is 13.2 Å². The fourth-order valence-corrected chi connectivity index (χ4v) is 7.68. The number of unbranched alkanes of at least 4 members (excludes halogenated alkanes) is 17. The van der Waals surface area contributed by atoms with Gasteiger partial charge in [0.15, 0.2) is 6.10 Å². The van der Waals surface area contributed by atoms with E-state index in [1.807, 2.05) is 0 Å². The van der Waals surface area contributed by atoms with Gasteiger partial charge in [-0.25, -0.2) is 0 Å². The molecule has 1 atom stereocenters. The number of allylic oxidation sites excluding steroid dienone is 24. The quantitative estimate of drug-likeness (QED) is 0.0261. The summed E-state index contributed by atoms with van der Waals surface area (Å²) in [6.45, 7) is 6.30. The van der Waals surface area contributed by atoms with E-state index < -0.39 is 6.10 Å². The monoisotopic (exact) mass is 1020 g/mol. The molecule has 74 heavy (non-hydrogen) atoms. The van der Waals surface area contributed by atoms with Crippen molar-refractivity contribution in [3.63, 3.8) is 0 Å². The molecule has 6 nitrogen and oxygen atoms in total. The molecule has 0 heterocycles. The van der Waals surface area contributed by atoms with Crippen molar-refractivity contribution in [1.29, 1.82) is 0 Å². The van der Waals surface area contributed by atoms with Crippen LogP contribution >= 0.6 is 0 Å². The van der Waals surface area contributed by atoms with E-state index in [9.17, 15) is 14.4 Å². The third-order valence-electron chi connectivity index (χ3n) is 12.1. The van der Waals surface area contributed by atoms with Crippen LogP contribution in [0, 0.1) is 0 Å². The summed E-state index contributed by atoms with van der Waals surface area (Å²) in [5.41, 5.74) is 0. The van der Waals surface area contributed by atoms with Gasteiger partial charge >= 0.3 is 17.9 Å². The Hall–Kier alpha value is -4.71. The fourth-order valence-electron chi connectivity index (χ4n) is 7.68. The van der Waals surface area contributed by atoms with Gasteiger partial charge in [-0.2, -0.15) is 0 Å². The molecule has 0 radical (unpaired) electrons. The molecule has 0 amide bonds. The van der Waals surface area contributed by atoms with Crippen LogP contribution in [0.3, 0.4) is 0 Å². The van der Waals surface area contributed by atoms with E-state index in [0.29, 0.717) is 19.3 Å². The Labute approximate surface area is 455 Å². The molecule has 0 fully saturated rings. The lowest BCUT2D eigenvalue weighted by molar-refractivity contribution is -0.167. The third-order valence-corrected chi connectivity index (χ3v) is 12.1. The van der Waals surface area contributed by atoms with Crippen LogP contribution in [-0.4, -0.2) is 37.2 Å². The van der Waals surface area contributed by atoms with Crippen molar-refractivity contribution in [1.82, 2.24) is 0 Å². The normalized spacial score (nSPS) is 13.2. The first-order chi connectivity index (χ1) is 36.5. The minimum Gasteiger partial charge on any atom is -0.462 e. The molecule has 0 rings (SSSR count). The maximum absolute atomic E-state index is 12.8. The van der Waals surface area contributed by atoms with Crippen molar-refractivity contribution in [2.24, 2.45) is 0 Å². The molecule has 0 aliphatic carbocycles. The Bertz CT molecular complexity index is 1640. The van der Waals surface area contributed by atoms with Crippen molar-refractivity contribution in [2.75, 3.05) is 13.2 Å². The Kier molecular flexibility index (Phi) is 57.0. The highest BCUT2D eigenvalue weighted by molar-refractivity contribution is 5.71. The highest BCUT2D eigenvalue weighted by Gasteiger charge is 2.19. The first-order valence-corrected chi connectivity index (χ1v) is 29.8. The van der Waals surface area contributed by atoms with E-state index in [1.165, 1.54) is 70.6 Å². The zero-order valence-electron chi connectivity index (χ0n) is 47.5. The topological polar surface area (TPSA) is 78.9 Å². The standard InChI is InChI=1S/C68H108O6/c1-4-7-10-13-16-18-20-22-24-26-28-30-31-32-33-34-35-36-37-39-40-42-44-46-48-50-52-55-58-61-67(70)73-64-65(63-72-66(69)60-57-54-15-12-9-6-3)74-68(71)62-59-56-53-51-49-47-45-43-41-38-29-27-25-23-21-19-17-14-11-8-5-2/h7-8,10-11,16-19,22-25,28-30,32-33,35-36,38,43,45,49,51,65H,4-6,9,12-15,20-21,26-27,31,34,37,39-42,44,46-48,50,52-64H2,1-3H3/b10-7-,11-8-,18-16-,19-17-,24-22-,25-23-,30-28-,33-32-,36-35-,38-29-,45-43-,51-49-. The number of carbonyl (C=O) groups is 3. The summed E-state index contributed by atoms with van der Waals surface area (Å²) < 4.78 is 16.7. The summed E-state index contributed by atoms with van der Waals surface area (Å²) in [4.78, 5) is 37.9. The number of hydrogen-bond donors (Lipinski definition) is 0. The highest BCUT2D eigenvalue weighted by atomic mass is 16.6. The molecule has 0 saturated heterocycles. The minimum atomic E-state index is -0.806. The summed E-state index contributed by atoms with van der Waals surface area (Å²) in [6.07, 6.45) is 87.3. The van der Waals surface area contributed by atoms with E-state index in [0.717, 1.165) is 128 Å². The molecule has 0 aliphatic heterocycles. The van der Waals surface area contributed by atoms with Gasteiger partial charge in [-0.1, -0.05) is 250 Å². The van der Waals surface area contributed by atoms with Crippen molar-refractivity contribution in [2.45, 2.75) is 252 Å². The van der Waals surface area contributed by atoms with Gasteiger partial charge in [0, 0.05) is 19.3 Å². The summed E-state index contributed by atoms with van der Waals surface area (Å²) in [7, 11) is 0. The lowest BCUT2D eigenvalue weighted by Crippen LogP contribution is -2.30. The molecular formula is C68H108O6. The Morgan fingerprint density at radius 3 is 0.851 bits per heavy atom. The second-order valence-electron chi connectivity index (χ2n) is 19.1. The summed E-state index contributed by atoms with van der Waals surface area (Å²) in [6, 6.07) is 0. The SMILES string of the molecule is CC/C=C\C/C=C\C/C=C\C/C=C\C/C=C\C/C=C\CCCCCCCCCCCCC(=O)OCC(COC(=O)CCCCCCCC)OC(=O)CCCC/C=C\C/C=C\C/C=C\C/C=C\C/C=C\C/C=C\CC. The maximum Gasteiger partial charge on any atom is 0.306 e. The van der Waals surface area contributed by atoms with Crippen molar-refractivity contribution in [3.8, 4) is 0 Å². The number of esters is 3. The van der Waals surface area contributed by atoms with Gasteiger partial charge in [0.05, 0.1) is 0 Å². The molecule has 416 valence electrons. The van der Waals surface area contributed by atoms with Crippen LogP contribution in [0.4, 0.5) is 0 Å². The number of rotatable bonds is 52. The molecule has 0 aliphatic rings. The first kappa shape index (κ1) is 69.3. The molecule has 0 saturated carbocycles. The van der Waals surface area contributed by atoms with Crippen molar-refractivity contribution in [3.05, 3.63) is 146 Å². The predicted octanol–water partition coefficient (Wildman–Crippen LogP) is 20.4. The number of carbonyl (C=O) groups excluding carboxylic acids is 3. The van der Waals surface area contributed by atoms with Crippen LogP contribution in [-0.2, 0) is 28.6 Å². The number of ether oxygens (including phenoxy) is 3. The minimum absolute atomic E-state index is 0.101. The molecule has 6 heteroatoms. The van der Waals surface area contributed by atoms with Crippen molar-refractivity contribution < 1.29 is 28.6 Å². The average molecular weight is 1020 g/mol. The molecule has 0 spiro atoms. The van der Waals surface area contributed by atoms with Gasteiger partial charge < -0.3 is 14.2 Å². The summed E-state index contributed by atoms with van der Waals surface area (Å²) in [5, 5.41) is 0. The Balaban J connectivity index is 4.22. The lowest BCUT2D eigenvalue weighted by Gasteiger charge is -2.18. The van der Waals surface area contributed by atoms with Crippen LogP contribution in [0.2, 0.25) is 0 Å². The molecule has 0 aromatic carbocycles. The lowest BCUT2D eigenvalue weighted by atomic mass is 10.1. The molecular weight excluding hydrogens is 913 g/mol. The van der Waals surface area contributed by atoms with Crippen LogP contribution in [0.15, 0.2) is 146 Å². The Morgan fingerprint density at radius 1 is 0.284 bits per heavy atom. The highest BCUT2D eigenvalue weighted by Crippen LogP contribution is 2.14. The zero-order valence-corrected chi connectivity index (χ0v) is 47.5. The number of hydrogen-bond acceptors (Lipinski definition) is 6.